The summed E-state index contributed by atoms with van der Waals surface area (Å²) in [5.74, 6) is -0.982. The minimum atomic E-state index is -2.65. The second-order valence-corrected chi connectivity index (χ2v) is 8.31. The average molecular weight is 474 g/mol. The Hall–Kier alpha value is -3.19. The second kappa shape index (κ2) is 9.35. The normalized spacial score (nSPS) is 13.1. The van der Waals surface area contributed by atoms with Crippen molar-refractivity contribution in [1.29, 1.82) is 0 Å². The molecule has 0 aromatic heterocycles. The fraction of sp³-hybridized carbons (Fsp3) is 0.280. The van der Waals surface area contributed by atoms with E-state index in [9.17, 15) is 18.4 Å². The first-order valence-corrected chi connectivity index (χ1v) is 11.0. The largest absolute Gasteiger partial charge is 0.487 e. The lowest BCUT2D eigenvalue weighted by atomic mass is 9.91. The summed E-state index contributed by atoms with van der Waals surface area (Å²) in [7, 11) is 0. The van der Waals surface area contributed by atoms with Crippen LogP contribution >= 0.6 is 11.6 Å². The molecule has 0 fully saturated rings. The Bertz CT molecular complexity index is 1240. The Labute approximate surface area is 194 Å². The maximum Gasteiger partial charge on any atom is 0.307 e. The first-order chi connectivity index (χ1) is 15.8. The summed E-state index contributed by atoms with van der Waals surface area (Å²) in [5.41, 5.74) is 2.83. The van der Waals surface area contributed by atoms with E-state index in [1.807, 2.05) is 31.2 Å². The van der Waals surface area contributed by atoms with Crippen LogP contribution in [0.5, 0.6) is 5.75 Å². The summed E-state index contributed by atoms with van der Waals surface area (Å²) in [6.07, 6.45) is -1.40. The summed E-state index contributed by atoms with van der Waals surface area (Å²) in [6.45, 7) is 1.35. The first-order valence-electron chi connectivity index (χ1n) is 10.6. The predicted octanol–water partition coefficient (Wildman–Crippen LogP) is 5.88. The molecular formula is C25H22ClF2NO4. The molecule has 33 heavy (non-hydrogen) atoms. The number of carboxylic acids is 1. The lowest BCUT2D eigenvalue weighted by Crippen LogP contribution is -2.24. The number of halogens is 3. The standard InChI is InChI=1S/C25H22ClF2NO4/c1-2-5-16-15-6-3-4-7-17(15)24(33-13-21(27)28)18-12-29(25(32)23(16)18)20-9-8-14(10-19(20)26)11-22(30)31/h3-4,6-10,21H,2,5,11-13H2,1H3,(H,30,31). The van der Waals surface area contributed by atoms with Crippen LogP contribution in [0.4, 0.5) is 14.5 Å². The topological polar surface area (TPSA) is 66.8 Å². The Balaban J connectivity index is 1.85. The van der Waals surface area contributed by atoms with Crippen LogP contribution < -0.4 is 9.64 Å². The van der Waals surface area contributed by atoms with Crippen LogP contribution in [0.15, 0.2) is 42.5 Å². The Morgan fingerprint density at radius 3 is 2.58 bits per heavy atom. The van der Waals surface area contributed by atoms with Gasteiger partial charge in [0.05, 0.1) is 29.2 Å². The molecule has 4 rings (SSSR count). The molecule has 0 aliphatic carbocycles. The number of aliphatic carboxylic acids is 1. The fourth-order valence-corrected chi connectivity index (χ4v) is 4.69. The van der Waals surface area contributed by atoms with Crippen molar-refractivity contribution >= 4 is 39.9 Å². The Morgan fingerprint density at radius 1 is 1.21 bits per heavy atom. The molecule has 0 unspecified atom stereocenters. The van der Waals surface area contributed by atoms with Gasteiger partial charge in [0.1, 0.15) is 12.4 Å². The summed E-state index contributed by atoms with van der Waals surface area (Å²) in [4.78, 5) is 26.1. The lowest BCUT2D eigenvalue weighted by Gasteiger charge is -2.18. The number of carbonyl (C=O) groups excluding carboxylic acids is 1. The number of carbonyl (C=O) groups is 2. The molecule has 0 spiro atoms. The van der Waals surface area contributed by atoms with Gasteiger partial charge in [-0.15, -0.1) is 0 Å². The minimum absolute atomic E-state index is 0.117. The molecule has 1 aliphatic heterocycles. The number of fused-ring (bicyclic) bond motifs is 2. The highest BCUT2D eigenvalue weighted by molar-refractivity contribution is 6.34. The van der Waals surface area contributed by atoms with E-state index in [1.54, 1.807) is 12.1 Å². The van der Waals surface area contributed by atoms with Gasteiger partial charge in [-0.1, -0.05) is 55.3 Å². The van der Waals surface area contributed by atoms with Crippen molar-refractivity contribution in [3.63, 3.8) is 0 Å². The second-order valence-electron chi connectivity index (χ2n) is 7.91. The van der Waals surface area contributed by atoms with Crippen molar-refractivity contribution in [3.05, 3.63) is 69.7 Å². The number of alkyl halides is 2. The van der Waals surface area contributed by atoms with Crippen molar-refractivity contribution in [2.75, 3.05) is 11.5 Å². The maximum atomic E-state index is 13.6. The number of hydrogen-bond donors (Lipinski definition) is 1. The minimum Gasteiger partial charge on any atom is -0.487 e. The van der Waals surface area contributed by atoms with E-state index in [0.29, 0.717) is 34.2 Å². The third-order valence-electron chi connectivity index (χ3n) is 5.66. The first kappa shape index (κ1) is 23.0. The van der Waals surface area contributed by atoms with E-state index in [1.165, 1.54) is 11.0 Å². The molecule has 0 saturated heterocycles. The molecule has 0 atom stereocenters. The van der Waals surface area contributed by atoms with Crippen molar-refractivity contribution in [2.45, 2.75) is 39.2 Å². The van der Waals surface area contributed by atoms with Crippen molar-refractivity contribution < 1.29 is 28.2 Å². The zero-order valence-corrected chi connectivity index (χ0v) is 18.7. The molecule has 172 valence electrons. The maximum absolute atomic E-state index is 13.6. The lowest BCUT2D eigenvalue weighted by molar-refractivity contribution is -0.136. The number of nitrogens with zero attached hydrogens (tertiary/aromatic N) is 1. The quantitative estimate of drug-likeness (QED) is 0.444. The monoisotopic (exact) mass is 473 g/mol. The third kappa shape index (κ3) is 4.37. The molecular weight excluding hydrogens is 452 g/mol. The number of benzene rings is 3. The predicted molar refractivity (Wildman–Crippen MR) is 123 cm³/mol. The van der Waals surface area contributed by atoms with E-state index in [4.69, 9.17) is 21.4 Å². The van der Waals surface area contributed by atoms with Gasteiger partial charge in [-0.2, -0.15) is 0 Å². The van der Waals surface area contributed by atoms with Crippen molar-refractivity contribution in [2.24, 2.45) is 0 Å². The van der Waals surface area contributed by atoms with E-state index >= 15 is 0 Å². The van der Waals surface area contributed by atoms with Crippen molar-refractivity contribution in [1.82, 2.24) is 0 Å². The number of ether oxygens (including phenoxy) is 1. The van der Waals surface area contributed by atoms with Crippen LogP contribution in [0.25, 0.3) is 10.8 Å². The SMILES string of the molecule is CCCc1c2c(c(OCC(F)F)c3ccccc13)CN(c1ccc(CC(=O)O)cc1Cl)C2=O. The van der Waals surface area contributed by atoms with Gasteiger partial charge in [0, 0.05) is 10.9 Å². The molecule has 1 heterocycles. The molecule has 0 radical (unpaired) electrons. The zero-order valence-electron chi connectivity index (χ0n) is 17.9. The number of anilines is 1. The van der Waals surface area contributed by atoms with Crippen LogP contribution in [0, 0.1) is 0 Å². The Morgan fingerprint density at radius 2 is 1.94 bits per heavy atom. The van der Waals surface area contributed by atoms with Crippen LogP contribution in [-0.2, 0) is 24.2 Å². The van der Waals surface area contributed by atoms with Gasteiger partial charge < -0.3 is 14.7 Å². The molecule has 3 aromatic rings. The summed E-state index contributed by atoms with van der Waals surface area (Å²) >= 11 is 6.43. The molecule has 8 heteroatoms. The number of hydrogen-bond acceptors (Lipinski definition) is 3. The highest BCUT2D eigenvalue weighted by atomic mass is 35.5. The van der Waals surface area contributed by atoms with Gasteiger partial charge in [0.2, 0.25) is 0 Å². The van der Waals surface area contributed by atoms with E-state index in [0.717, 1.165) is 17.4 Å². The van der Waals surface area contributed by atoms with Gasteiger partial charge in [0.15, 0.2) is 0 Å². The molecule has 5 nitrogen and oxygen atoms in total. The van der Waals surface area contributed by atoms with E-state index in [-0.39, 0.29) is 29.6 Å². The molecule has 1 N–H and O–H groups in total. The van der Waals surface area contributed by atoms with Crippen LogP contribution in [0.3, 0.4) is 0 Å². The van der Waals surface area contributed by atoms with E-state index in [2.05, 4.69) is 0 Å². The van der Waals surface area contributed by atoms with Crippen LogP contribution in [0.2, 0.25) is 5.02 Å². The summed E-state index contributed by atoms with van der Waals surface area (Å²) in [5, 5.41) is 10.8. The van der Waals surface area contributed by atoms with Gasteiger partial charge in [-0.05, 0) is 35.1 Å². The van der Waals surface area contributed by atoms with Crippen molar-refractivity contribution in [3.8, 4) is 5.75 Å². The van der Waals surface area contributed by atoms with Gasteiger partial charge in [-0.3, -0.25) is 9.59 Å². The molecule has 0 bridgehead atoms. The van der Waals surface area contributed by atoms with Gasteiger partial charge in [0.25, 0.3) is 12.3 Å². The summed E-state index contributed by atoms with van der Waals surface area (Å²) in [6, 6.07) is 12.1. The highest BCUT2D eigenvalue weighted by Crippen LogP contribution is 2.44. The smallest absolute Gasteiger partial charge is 0.307 e. The molecule has 3 aromatic carbocycles. The summed E-state index contributed by atoms with van der Waals surface area (Å²) < 4.78 is 31.6. The number of rotatable bonds is 8. The highest BCUT2D eigenvalue weighted by Gasteiger charge is 2.36. The number of carboxylic acid groups (broad SMARTS) is 1. The third-order valence-corrected chi connectivity index (χ3v) is 5.96. The van der Waals surface area contributed by atoms with Crippen LogP contribution in [-0.4, -0.2) is 30.0 Å². The molecule has 1 aliphatic rings. The average Bonchev–Trinajstić information content (AvgIpc) is 3.09. The van der Waals surface area contributed by atoms with Gasteiger partial charge in [-0.25, -0.2) is 8.78 Å². The van der Waals surface area contributed by atoms with E-state index < -0.39 is 19.0 Å². The number of amides is 1. The number of aryl methyl sites for hydroxylation is 1. The molecule has 0 saturated carbocycles. The van der Waals surface area contributed by atoms with Crippen LogP contribution in [0.1, 0.15) is 40.4 Å². The van der Waals surface area contributed by atoms with Gasteiger partial charge >= 0.3 is 5.97 Å². The zero-order chi connectivity index (χ0) is 23.7. The Kier molecular flexibility index (Phi) is 6.51. The fourth-order valence-electron chi connectivity index (χ4n) is 4.38. The molecule has 1 amide bonds.